The van der Waals surface area contributed by atoms with Crippen molar-refractivity contribution in [1.29, 1.82) is 0 Å². The number of hydrogen-bond donors (Lipinski definition) is 1. The van der Waals surface area contributed by atoms with Crippen molar-refractivity contribution < 1.29 is 9.72 Å². The molecule has 9 heteroatoms. The Bertz CT molecular complexity index is 607. The van der Waals surface area contributed by atoms with Gasteiger partial charge in [0.15, 0.2) is 0 Å². The van der Waals surface area contributed by atoms with Crippen molar-refractivity contribution in [2.45, 2.75) is 19.8 Å². The molecule has 0 atom stereocenters. The number of nitro groups is 1. The zero-order valence-electron chi connectivity index (χ0n) is 14.8. The first-order chi connectivity index (χ1) is 11.3. The van der Waals surface area contributed by atoms with Crippen LogP contribution in [0.25, 0.3) is 0 Å². The number of carbonyl (C=O) groups excluding carboxylic acids is 1. The third-order valence-corrected chi connectivity index (χ3v) is 4.59. The molecule has 1 N–H and O–H groups in total. The zero-order valence-corrected chi connectivity index (χ0v) is 14.8. The van der Waals surface area contributed by atoms with E-state index in [0.717, 1.165) is 32.5 Å². The first-order valence-electron chi connectivity index (χ1n) is 8.15. The lowest BCUT2D eigenvalue weighted by Gasteiger charge is -2.33. The van der Waals surface area contributed by atoms with Crippen molar-refractivity contribution in [3.8, 4) is 0 Å². The molecule has 2 rings (SSSR count). The molecule has 24 heavy (non-hydrogen) atoms. The monoisotopic (exact) mass is 338 g/mol. The minimum atomic E-state index is -0.361. The van der Waals surface area contributed by atoms with Crippen molar-refractivity contribution in [2.24, 2.45) is 13.0 Å². The lowest BCUT2D eigenvalue weighted by molar-refractivity contribution is -0.384. The molecule has 1 amide bonds. The van der Waals surface area contributed by atoms with Gasteiger partial charge in [-0.3, -0.25) is 19.8 Å². The van der Waals surface area contributed by atoms with Crippen molar-refractivity contribution in [2.75, 3.05) is 45.2 Å². The maximum atomic E-state index is 11.4. The Morgan fingerprint density at radius 3 is 2.62 bits per heavy atom. The van der Waals surface area contributed by atoms with E-state index >= 15 is 0 Å². The second kappa shape index (κ2) is 7.61. The molecule has 0 bridgehead atoms. The molecule has 0 aliphatic carbocycles. The normalized spacial score (nSPS) is 16.2. The number of nitrogens with zero attached hydrogens (tertiary/aromatic N) is 5. The summed E-state index contributed by atoms with van der Waals surface area (Å²) in [5.41, 5.74) is 0.516. The van der Waals surface area contributed by atoms with Gasteiger partial charge >= 0.3 is 5.69 Å². The number of nitrogens with one attached hydrogen (secondary N) is 1. The molecule has 0 spiro atoms. The summed E-state index contributed by atoms with van der Waals surface area (Å²) in [6.07, 6.45) is 1.96. The van der Waals surface area contributed by atoms with Crippen LogP contribution in [0.5, 0.6) is 0 Å². The third kappa shape index (κ3) is 4.02. The second-order valence-corrected chi connectivity index (χ2v) is 6.41. The molecule has 9 nitrogen and oxygen atoms in total. The molecular formula is C15H26N6O3. The topological polar surface area (TPSA) is 96.5 Å². The summed E-state index contributed by atoms with van der Waals surface area (Å²) in [5.74, 6) is 1.03. The number of likely N-dealkylation sites (N-methyl/N-ethyl adjacent to an activating group) is 1. The van der Waals surface area contributed by atoms with Crippen LogP contribution in [0.15, 0.2) is 0 Å². The summed E-state index contributed by atoms with van der Waals surface area (Å²) in [5, 5.41) is 18.1. The number of piperidine rings is 1. The molecule has 1 fully saturated rings. The number of aryl methyl sites for hydroxylation is 2. The van der Waals surface area contributed by atoms with Crippen LogP contribution in [0.1, 0.15) is 18.5 Å². The van der Waals surface area contributed by atoms with Crippen LogP contribution >= 0.6 is 0 Å². The van der Waals surface area contributed by atoms with E-state index in [2.05, 4.69) is 15.3 Å². The van der Waals surface area contributed by atoms with Crippen molar-refractivity contribution in [1.82, 2.24) is 20.0 Å². The Kier molecular flexibility index (Phi) is 5.76. The Balaban J connectivity index is 1.96. The fourth-order valence-electron chi connectivity index (χ4n) is 3.36. The highest BCUT2D eigenvalue weighted by atomic mass is 16.6. The number of amides is 1. The van der Waals surface area contributed by atoms with Gasteiger partial charge < -0.3 is 10.2 Å². The Morgan fingerprint density at radius 1 is 1.46 bits per heavy atom. The predicted molar refractivity (Wildman–Crippen MR) is 91.1 cm³/mol. The lowest BCUT2D eigenvalue weighted by atomic mass is 9.96. The van der Waals surface area contributed by atoms with E-state index in [4.69, 9.17) is 0 Å². The van der Waals surface area contributed by atoms with Crippen LogP contribution < -0.4 is 10.2 Å². The predicted octanol–water partition coefficient (Wildman–Crippen LogP) is 0.531. The molecule has 0 aromatic carbocycles. The first kappa shape index (κ1) is 18.2. The number of likely N-dealkylation sites (tertiary alicyclic amines) is 1. The van der Waals surface area contributed by atoms with Gasteiger partial charge in [0.25, 0.3) is 0 Å². The Labute approximate surface area is 141 Å². The standard InChI is InChI=1S/C15H26N6O3/c1-11-14(21(23)24)15(19(4)17-11)18(3)9-12-5-7-20(8-6-12)10-13(22)16-2/h12H,5-10H2,1-4H3,(H,16,22). The molecular weight excluding hydrogens is 312 g/mol. The number of aromatic nitrogens is 2. The number of rotatable bonds is 6. The van der Waals surface area contributed by atoms with E-state index in [9.17, 15) is 14.9 Å². The van der Waals surface area contributed by atoms with Crippen molar-refractivity contribution in [3.05, 3.63) is 15.8 Å². The Hall–Kier alpha value is -2.16. The van der Waals surface area contributed by atoms with Gasteiger partial charge in [0.05, 0.1) is 11.5 Å². The van der Waals surface area contributed by atoms with Gasteiger partial charge in [0.2, 0.25) is 11.7 Å². The summed E-state index contributed by atoms with van der Waals surface area (Å²) in [4.78, 5) is 26.5. The van der Waals surface area contributed by atoms with E-state index in [0.29, 0.717) is 24.0 Å². The molecule has 0 unspecified atom stereocenters. The molecule has 1 aromatic rings. The largest absolute Gasteiger partial charge is 0.358 e. The van der Waals surface area contributed by atoms with Gasteiger partial charge in [0.1, 0.15) is 5.69 Å². The van der Waals surface area contributed by atoms with E-state index in [-0.39, 0.29) is 16.5 Å². The minimum absolute atomic E-state index is 0.0338. The smallest absolute Gasteiger partial charge is 0.333 e. The summed E-state index contributed by atoms with van der Waals surface area (Å²) >= 11 is 0. The minimum Gasteiger partial charge on any atom is -0.358 e. The van der Waals surface area contributed by atoms with Crippen LogP contribution in [-0.4, -0.2) is 65.8 Å². The van der Waals surface area contributed by atoms with Crippen LogP contribution in [-0.2, 0) is 11.8 Å². The molecule has 134 valence electrons. The Morgan fingerprint density at radius 2 is 2.08 bits per heavy atom. The van der Waals surface area contributed by atoms with E-state index < -0.39 is 0 Å². The van der Waals surface area contributed by atoms with Crippen molar-refractivity contribution >= 4 is 17.4 Å². The van der Waals surface area contributed by atoms with Gasteiger partial charge in [0, 0.05) is 27.7 Å². The van der Waals surface area contributed by atoms with E-state index in [1.165, 1.54) is 0 Å². The number of carbonyl (C=O) groups is 1. The average molecular weight is 338 g/mol. The van der Waals surface area contributed by atoms with Crippen LogP contribution in [0.2, 0.25) is 0 Å². The summed E-state index contributed by atoms with van der Waals surface area (Å²) in [7, 11) is 5.25. The van der Waals surface area contributed by atoms with Crippen LogP contribution in [0, 0.1) is 23.0 Å². The SMILES string of the molecule is CNC(=O)CN1CCC(CN(C)c2c([N+](=O)[O-])c(C)nn2C)CC1. The van der Waals surface area contributed by atoms with Crippen LogP contribution in [0.4, 0.5) is 11.5 Å². The molecule has 0 saturated carbocycles. The maximum absolute atomic E-state index is 11.4. The van der Waals surface area contributed by atoms with Gasteiger partial charge in [-0.25, -0.2) is 4.68 Å². The van der Waals surface area contributed by atoms with Gasteiger partial charge in [-0.1, -0.05) is 0 Å². The quantitative estimate of drug-likeness (QED) is 0.600. The molecule has 1 saturated heterocycles. The van der Waals surface area contributed by atoms with Gasteiger partial charge in [-0.2, -0.15) is 5.10 Å². The maximum Gasteiger partial charge on any atom is 0.333 e. The first-order valence-corrected chi connectivity index (χ1v) is 8.15. The second-order valence-electron chi connectivity index (χ2n) is 6.41. The molecule has 2 heterocycles. The highest BCUT2D eigenvalue weighted by Gasteiger charge is 2.29. The fraction of sp³-hybridized carbons (Fsp3) is 0.733. The number of anilines is 1. The molecule has 1 aliphatic heterocycles. The van der Waals surface area contributed by atoms with Crippen LogP contribution in [0.3, 0.4) is 0 Å². The third-order valence-electron chi connectivity index (χ3n) is 4.59. The lowest BCUT2D eigenvalue weighted by Crippen LogP contribution is -2.42. The summed E-state index contributed by atoms with van der Waals surface area (Å²) < 4.78 is 1.58. The molecule has 0 radical (unpaired) electrons. The highest BCUT2D eigenvalue weighted by molar-refractivity contribution is 5.77. The van der Waals surface area contributed by atoms with Crippen molar-refractivity contribution in [3.63, 3.8) is 0 Å². The summed E-state index contributed by atoms with van der Waals surface area (Å²) in [6.45, 7) is 4.59. The number of hydrogen-bond acceptors (Lipinski definition) is 6. The van der Waals surface area contributed by atoms with Gasteiger partial charge in [-0.05, 0) is 38.8 Å². The van der Waals surface area contributed by atoms with Gasteiger partial charge in [-0.15, -0.1) is 0 Å². The van der Waals surface area contributed by atoms with E-state index in [1.807, 2.05) is 11.9 Å². The molecule has 1 aliphatic rings. The average Bonchev–Trinajstić information content (AvgIpc) is 2.83. The molecule has 1 aromatic heterocycles. The zero-order chi connectivity index (χ0) is 17.9. The summed E-state index contributed by atoms with van der Waals surface area (Å²) in [6, 6.07) is 0. The fourth-order valence-corrected chi connectivity index (χ4v) is 3.36. The highest BCUT2D eigenvalue weighted by Crippen LogP contribution is 2.31. The van der Waals surface area contributed by atoms with E-state index in [1.54, 1.807) is 25.7 Å².